The van der Waals surface area contributed by atoms with Gasteiger partial charge in [0.05, 0.1) is 12.2 Å². The zero-order chi connectivity index (χ0) is 10.1. The molecule has 0 spiro atoms. The minimum absolute atomic E-state index is 0.582. The van der Waals surface area contributed by atoms with Crippen molar-refractivity contribution in [2.45, 2.75) is 44.8 Å². The Bertz CT molecular complexity index is 154. The van der Waals surface area contributed by atoms with Gasteiger partial charge in [0.2, 0.25) is 0 Å². The largest absolute Gasteiger partial charge is 0.390 e. The van der Waals surface area contributed by atoms with E-state index in [-0.39, 0.29) is 0 Å². The number of aldehydes is 1. The number of unbranched alkanes of at least 4 members (excludes halogenated alkanes) is 2. The smallest absolute Gasteiger partial charge is 0.142 e. The number of hydrogen-bond acceptors (Lipinski definition) is 3. The van der Waals surface area contributed by atoms with Gasteiger partial charge >= 0.3 is 0 Å². The molecule has 2 atom stereocenters. The summed E-state index contributed by atoms with van der Waals surface area (Å²) in [5, 5.41) is 18.6. The van der Waals surface area contributed by atoms with E-state index in [4.69, 9.17) is 0 Å². The van der Waals surface area contributed by atoms with Crippen LogP contribution in [-0.4, -0.2) is 28.7 Å². The molecule has 13 heavy (non-hydrogen) atoms. The number of aliphatic hydroxyl groups excluding tert-OH is 2. The van der Waals surface area contributed by atoms with Gasteiger partial charge in [-0.05, 0) is 12.5 Å². The van der Waals surface area contributed by atoms with Gasteiger partial charge in [0, 0.05) is 0 Å². The summed E-state index contributed by atoms with van der Waals surface area (Å²) in [7, 11) is 0. The maximum atomic E-state index is 9.91. The minimum atomic E-state index is -0.915. The maximum absolute atomic E-state index is 9.91. The standard InChI is InChI=1S/C10H18O3/c1-2-3-4-6-9(12)10(13)7-5-8-11/h5,7-10,12-13H,2-4,6H2,1H3/b7-5+/t9-,10+/m0/s1. The van der Waals surface area contributed by atoms with Crippen LogP contribution < -0.4 is 0 Å². The van der Waals surface area contributed by atoms with Crippen molar-refractivity contribution in [1.29, 1.82) is 0 Å². The lowest BCUT2D eigenvalue weighted by Gasteiger charge is -2.13. The zero-order valence-electron chi connectivity index (χ0n) is 8.02. The van der Waals surface area contributed by atoms with Crippen LogP contribution in [0.4, 0.5) is 0 Å². The highest BCUT2D eigenvalue weighted by Gasteiger charge is 2.11. The summed E-state index contributed by atoms with van der Waals surface area (Å²) < 4.78 is 0. The molecule has 0 fully saturated rings. The van der Waals surface area contributed by atoms with E-state index in [1.807, 2.05) is 0 Å². The van der Waals surface area contributed by atoms with Crippen molar-refractivity contribution in [2.75, 3.05) is 0 Å². The highest BCUT2D eigenvalue weighted by Crippen LogP contribution is 2.07. The lowest BCUT2D eigenvalue weighted by atomic mass is 10.1. The molecule has 0 aromatic rings. The average Bonchev–Trinajstić information content (AvgIpc) is 2.14. The van der Waals surface area contributed by atoms with Crippen LogP contribution in [0.5, 0.6) is 0 Å². The molecule has 76 valence electrons. The third-order valence-electron chi connectivity index (χ3n) is 1.88. The monoisotopic (exact) mass is 186 g/mol. The lowest BCUT2D eigenvalue weighted by molar-refractivity contribution is -0.104. The molecule has 0 heterocycles. The Labute approximate surface area is 79.1 Å². The number of carbonyl (C=O) groups is 1. The molecule has 0 aliphatic heterocycles. The van der Waals surface area contributed by atoms with Gasteiger partial charge in [0.1, 0.15) is 6.29 Å². The predicted molar refractivity (Wildman–Crippen MR) is 51.4 cm³/mol. The van der Waals surface area contributed by atoms with Crippen molar-refractivity contribution in [2.24, 2.45) is 0 Å². The summed E-state index contributed by atoms with van der Waals surface area (Å²) in [5.41, 5.74) is 0. The van der Waals surface area contributed by atoms with E-state index >= 15 is 0 Å². The average molecular weight is 186 g/mol. The second-order valence-corrected chi connectivity index (χ2v) is 3.07. The first-order valence-corrected chi connectivity index (χ1v) is 4.70. The molecule has 0 saturated carbocycles. The highest BCUT2D eigenvalue weighted by molar-refractivity contribution is 5.64. The van der Waals surface area contributed by atoms with Crippen LogP contribution in [0.15, 0.2) is 12.2 Å². The van der Waals surface area contributed by atoms with E-state index in [1.54, 1.807) is 0 Å². The Morgan fingerprint density at radius 3 is 2.54 bits per heavy atom. The molecule has 0 saturated heterocycles. The molecule has 0 rings (SSSR count). The quantitative estimate of drug-likeness (QED) is 0.355. The second-order valence-electron chi connectivity index (χ2n) is 3.07. The van der Waals surface area contributed by atoms with Gasteiger partial charge in [0.15, 0.2) is 0 Å². The first-order valence-electron chi connectivity index (χ1n) is 4.70. The third kappa shape index (κ3) is 6.49. The van der Waals surface area contributed by atoms with Crippen LogP contribution in [-0.2, 0) is 4.79 Å². The fraction of sp³-hybridized carbons (Fsp3) is 0.700. The fourth-order valence-corrected chi connectivity index (χ4v) is 1.06. The van der Waals surface area contributed by atoms with Gasteiger partial charge < -0.3 is 10.2 Å². The molecule has 3 heteroatoms. The minimum Gasteiger partial charge on any atom is -0.390 e. The molecule has 0 aliphatic carbocycles. The first kappa shape index (κ1) is 12.3. The van der Waals surface area contributed by atoms with Gasteiger partial charge in [-0.3, -0.25) is 4.79 Å². The third-order valence-corrected chi connectivity index (χ3v) is 1.88. The van der Waals surface area contributed by atoms with Crippen LogP contribution in [0, 0.1) is 0 Å². The van der Waals surface area contributed by atoms with Gasteiger partial charge in [-0.15, -0.1) is 0 Å². The number of carbonyl (C=O) groups excluding carboxylic acids is 1. The molecule has 0 aromatic heterocycles. The normalized spacial score (nSPS) is 15.9. The van der Waals surface area contributed by atoms with Crippen LogP contribution in [0.3, 0.4) is 0 Å². The fourth-order valence-electron chi connectivity index (χ4n) is 1.06. The van der Waals surface area contributed by atoms with Crippen molar-refractivity contribution in [3.05, 3.63) is 12.2 Å². The van der Waals surface area contributed by atoms with Crippen molar-refractivity contribution in [3.8, 4) is 0 Å². The lowest BCUT2D eigenvalue weighted by Crippen LogP contribution is -2.23. The van der Waals surface area contributed by atoms with E-state index in [2.05, 4.69) is 6.92 Å². The van der Waals surface area contributed by atoms with Gasteiger partial charge in [-0.2, -0.15) is 0 Å². The van der Waals surface area contributed by atoms with Crippen molar-refractivity contribution < 1.29 is 15.0 Å². The topological polar surface area (TPSA) is 57.5 Å². The highest BCUT2D eigenvalue weighted by atomic mass is 16.3. The summed E-state index contributed by atoms with van der Waals surface area (Å²) in [5.74, 6) is 0. The van der Waals surface area contributed by atoms with Crippen molar-refractivity contribution in [3.63, 3.8) is 0 Å². The van der Waals surface area contributed by atoms with E-state index < -0.39 is 12.2 Å². The Kier molecular flexibility index (Phi) is 7.54. The van der Waals surface area contributed by atoms with E-state index in [9.17, 15) is 15.0 Å². The molecule has 0 unspecified atom stereocenters. The number of rotatable bonds is 7. The second kappa shape index (κ2) is 7.95. The summed E-state index contributed by atoms with van der Waals surface area (Å²) in [6.45, 7) is 2.08. The van der Waals surface area contributed by atoms with Gasteiger partial charge in [-0.1, -0.05) is 32.3 Å². The summed E-state index contributed by atoms with van der Waals surface area (Å²) in [6, 6.07) is 0. The van der Waals surface area contributed by atoms with Gasteiger partial charge in [-0.25, -0.2) is 0 Å². The van der Waals surface area contributed by atoms with E-state index in [0.717, 1.165) is 19.3 Å². The van der Waals surface area contributed by atoms with Crippen LogP contribution >= 0.6 is 0 Å². The summed E-state index contributed by atoms with van der Waals surface area (Å²) in [4.78, 5) is 9.91. The predicted octanol–water partition coefficient (Wildman–Crippen LogP) is 1.04. The summed E-state index contributed by atoms with van der Waals surface area (Å²) >= 11 is 0. The zero-order valence-corrected chi connectivity index (χ0v) is 8.02. The van der Waals surface area contributed by atoms with Crippen LogP contribution in [0.2, 0.25) is 0 Å². The Hall–Kier alpha value is -0.670. The molecule has 0 aromatic carbocycles. The number of hydrogen-bond donors (Lipinski definition) is 2. The first-order chi connectivity index (χ1) is 6.22. The molecule has 0 radical (unpaired) electrons. The van der Waals surface area contributed by atoms with E-state index in [0.29, 0.717) is 12.7 Å². The van der Waals surface area contributed by atoms with Crippen LogP contribution in [0.25, 0.3) is 0 Å². The molecule has 2 N–H and O–H groups in total. The SMILES string of the molecule is CCCCC[C@H](O)[C@H](O)/C=C/C=O. The molecule has 0 aliphatic rings. The maximum Gasteiger partial charge on any atom is 0.142 e. The number of aliphatic hydroxyl groups is 2. The Morgan fingerprint density at radius 2 is 2.00 bits per heavy atom. The Balaban J connectivity index is 3.61. The van der Waals surface area contributed by atoms with Gasteiger partial charge in [0.25, 0.3) is 0 Å². The molecular weight excluding hydrogens is 168 g/mol. The summed E-state index contributed by atoms with van der Waals surface area (Å²) in [6.07, 6.45) is 5.07. The number of allylic oxidation sites excluding steroid dienone is 1. The molecule has 0 bridgehead atoms. The molecule has 3 nitrogen and oxygen atoms in total. The molecular formula is C10H18O3. The Morgan fingerprint density at radius 1 is 1.31 bits per heavy atom. The van der Waals surface area contributed by atoms with Crippen molar-refractivity contribution >= 4 is 6.29 Å². The van der Waals surface area contributed by atoms with Crippen LogP contribution in [0.1, 0.15) is 32.6 Å². The van der Waals surface area contributed by atoms with E-state index in [1.165, 1.54) is 12.2 Å². The van der Waals surface area contributed by atoms with Crippen molar-refractivity contribution in [1.82, 2.24) is 0 Å². The molecule has 0 amide bonds.